The molecule has 0 radical (unpaired) electrons. The SMILES string of the molecule is Cc1ccc(-n2c(N)c3c(cc2=O)C(=O)NC3=O)cc1S(=O)(=O)N1CCCCC1. The van der Waals surface area contributed by atoms with Gasteiger partial charge in [-0.3, -0.25) is 24.3 Å². The monoisotopic (exact) mass is 416 g/mol. The molecule has 2 aromatic rings. The van der Waals surface area contributed by atoms with Gasteiger partial charge in [-0.05, 0) is 37.5 Å². The van der Waals surface area contributed by atoms with Gasteiger partial charge >= 0.3 is 0 Å². The van der Waals surface area contributed by atoms with E-state index in [-0.39, 0.29) is 27.5 Å². The highest BCUT2D eigenvalue weighted by molar-refractivity contribution is 7.89. The first-order chi connectivity index (χ1) is 13.7. The lowest BCUT2D eigenvalue weighted by Crippen LogP contribution is -2.36. The molecule has 0 unspecified atom stereocenters. The number of aryl methyl sites for hydroxylation is 1. The van der Waals surface area contributed by atoms with Crippen molar-refractivity contribution in [3.05, 3.63) is 51.3 Å². The van der Waals surface area contributed by atoms with Crippen LogP contribution in [-0.2, 0) is 10.0 Å². The number of nitrogens with one attached hydrogen (secondary N) is 1. The summed E-state index contributed by atoms with van der Waals surface area (Å²) < 4.78 is 28.8. The van der Waals surface area contributed by atoms with Gasteiger partial charge in [-0.1, -0.05) is 12.5 Å². The van der Waals surface area contributed by atoms with Crippen molar-refractivity contribution in [3.63, 3.8) is 0 Å². The first-order valence-electron chi connectivity index (χ1n) is 9.24. The molecule has 1 fully saturated rings. The molecule has 1 saturated heterocycles. The summed E-state index contributed by atoms with van der Waals surface area (Å²) in [5.74, 6) is -1.58. The van der Waals surface area contributed by atoms with Gasteiger partial charge in [0.05, 0.1) is 21.7 Å². The van der Waals surface area contributed by atoms with Crippen LogP contribution in [0.1, 0.15) is 45.5 Å². The van der Waals surface area contributed by atoms with Crippen molar-refractivity contribution in [1.82, 2.24) is 14.2 Å². The Morgan fingerprint density at radius 1 is 1.00 bits per heavy atom. The molecule has 2 aliphatic heterocycles. The molecule has 0 bridgehead atoms. The third kappa shape index (κ3) is 3.04. The number of nitrogens with two attached hydrogens (primary N) is 1. The van der Waals surface area contributed by atoms with Crippen molar-refractivity contribution in [2.24, 2.45) is 0 Å². The van der Waals surface area contributed by atoms with Gasteiger partial charge in [0.2, 0.25) is 10.0 Å². The topological polar surface area (TPSA) is 132 Å². The quantitative estimate of drug-likeness (QED) is 0.711. The molecule has 152 valence electrons. The minimum Gasteiger partial charge on any atom is -0.384 e. The Kier molecular flexibility index (Phi) is 4.55. The van der Waals surface area contributed by atoms with Gasteiger partial charge in [-0.2, -0.15) is 4.31 Å². The average Bonchev–Trinajstić information content (AvgIpc) is 2.97. The van der Waals surface area contributed by atoms with E-state index in [1.807, 2.05) is 0 Å². The highest BCUT2D eigenvalue weighted by Crippen LogP contribution is 2.28. The molecule has 2 aliphatic rings. The van der Waals surface area contributed by atoms with E-state index in [0.29, 0.717) is 18.7 Å². The highest BCUT2D eigenvalue weighted by atomic mass is 32.2. The van der Waals surface area contributed by atoms with Crippen molar-refractivity contribution < 1.29 is 18.0 Å². The lowest BCUT2D eigenvalue weighted by Gasteiger charge is -2.27. The summed E-state index contributed by atoms with van der Waals surface area (Å²) in [6.07, 6.45) is 2.60. The molecule has 29 heavy (non-hydrogen) atoms. The van der Waals surface area contributed by atoms with Gasteiger partial charge in [-0.15, -0.1) is 0 Å². The van der Waals surface area contributed by atoms with Gasteiger partial charge < -0.3 is 5.73 Å². The first kappa shape index (κ1) is 19.3. The maximum atomic E-state index is 13.1. The standard InChI is InChI=1S/C19H20N4O5S/c1-11-5-6-12(9-14(11)29(27,28)22-7-3-2-4-8-22)23-15(24)10-13-16(17(23)20)19(26)21-18(13)25/h5-6,9-10H,2-4,7-8,20H2,1H3,(H,21,25,26). The molecule has 3 N–H and O–H groups in total. The Morgan fingerprint density at radius 3 is 2.38 bits per heavy atom. The van der Waals surface area contributed by atoms with Crippen LogP contribution in [0.3, 0.4) is 0 Å². The number of benzene rings is 1. The maximum Gasteiger partial charge on any atom is 0.262 e. The van der Waals surface area contributed by atoms with Crippen LogP contribution in [0.2, 0.25) is 0 Å². The van der Waals surface area contributed by atoms with Crippen LogP contribution in [-0.4, -0.2) is 42.2 Å². The Morgan fingerprint density at radius 2 is 1.69 bits per heavy atom. The minimum absolute atomic E-state index is 0.0815. The highest BCUT2D eigenvalue weighted by Gasteiger charge is 2.32. The number of imide groups is 1. The van der Waals surface area contributed by atoms with Gasteiger partial charge in [0.25, 0.3) is 17.4 Å². The number of hydrogen-bond donors (Lipinski definition) is 2. The molecule has 3 heterocycles. The fourth-order valence-electron chi connectivity index (χ4n) is 3.80. The normalized spacial score (nSPS) is 17.3. The zero-order valence-corrected chi connectivity index (χ0v) is 16.6. The predicted octanol–water partition coefficient (Wildman–Crippen LogP) is 0.786. The van der Waals surface area contributed by atoms with E-state index in [2.05, 4.69) is 5.32 Å². The van der Waals surface area contributed by atoms with Crippen LogP contribution in [0.4, 0.5) is 5.82 Å². The van der Waals surface area contributed by atoms with Gasteiger partial charge in [0.15, 0.2) is 0 Å². The summed E-state index contributed by atoms with van der Waals surface area (Å²) in [4.78, 5) is 36.6. The van der Waals surface area contributed by atoms with Crippen molar-refractivity contribution in [3.8, 4) is 5.69 Å². The number of aromatic nitrogens is 1. The lowest BCUT2D eigenvalue weighted by atomic mass is 10.1. The van der Waals surface area contributed by atoms with E-state index in [0.717, 1.165) is 29.9 Å². The molecule has 9 nitrogen and oxygen atoms in total. The van der Waals surface area contributed by atoms with E-state index in [4.69, 9.17) is 5.73 Å². The fourth-order valence-corrected chi connectivity index (χ4v) is 5.56. The number of nitrogens with zero attached hydrogens (tertiary/aromatic N) is 2. The molecule has 0 aliphatic carbocycles. The van der Waals surface area contributed by atoms with E-state index >= 15 is 0 Å². The van der Waals surface area contributed by atoms with Crippen LogP contribution < -0.4 is 16.6 Å². The minimum atomic E-state index is -3.74. The zero-order chi connectivity index (χ0) is 20.9. The second kappa shape index (κ2) is 6.82. The van der Waals surface area contributed by atoms with Gasteiger partial charge in [0.1, 0.15) is 5.82 Å². The van der Waals surface area contributed by atoms with Gasteiger partial charge in [0, 0.05) is 19.2 Å². The molecule has 4 rings (SSSR count). The number of carbonyl (C=O) groups excluding carboxylic acids is 2. The Hall–Kier alpha value is -2.98. The zero-order valence-electron chi connectivity index (χ0n) is 15.8. The Labute approximate surface area is 167 Å². The third-order valence-electron chi connectivity index (χ3n) is 5.32. The fraction of sp³-hybridized carbons (Fsp3) is 0.316. The number of fused-ring (bicyclic) bond motifs is 1. The number of hydrogen-bond acceptors (Lipinski definition) is 6. The molecule has 1 aromatic heterocycles. The maximum absolute atomic E-state index is 13.1. The van der Waals surface area contributed by atoms with E-state index in [9.17, 15) is 22.8 Å². The summed E-state index contributed by atoms with van der Waals surface area (Å²) in [7, 11) is -3.74. The van der Waals surface area contributed by atoms with Crippen LogP contribution in [0, 0.1) is 6.92 Å². The number of pyridine rings is 1. The van der Waals surface area contributed by atoms with Crippen molar-refractivity contribution in [2.75, 3.05) is 18.8 Å². The number of rotatable bonds is 3. The Bertz CT molecular complexity index is 1210. The Balaban J connectivity index is 1.88. The third-order valence-corrected chi connectivity index (χ3v) is 7.36. The second-order valence-electron chi connectivity index (χ2n) is 7.19. The molecule has 1 aromatic carbocycles. The number of amides is 2. The summed E-state index contributed by atoms with van der Waals surface area (Å²) in [6.45, 7) is 2.59. The molecule has 0 atom stereocenters. The lowest BCUT2D eigenvalue weighted by molar-refractivity contribution is 0.0880. The number of piperidine rings is 1. The summed E-state index contributed by atoms with van der Waals surface area (Å²) in [5, 5.41) is 2.10. The van der Waals surface area contributed by atoms with E-state index in [1.54, 1.807) is 19.1 Å². The number of sulfonamides is 1. The van der Waals surface area contributed by atoms with Crippen molar-refractivity contribution >= 4 is 27.7 Å². The molecule has 0 saturated carbocycles. The molecular formula is C19H20N4O5S. The van der Waals surface area contributed by atoms with Crippen LogP contribution in [0.15, 0.2) is 34.0 Å². The van der Waals surface area contributed by atoms with Crippen molar-refractivity contribution in [2.45, 2.75) is 31.1 Å². The number of nitrogen functional groups attached to an aromatic ring is 1. The summed E-state index contributed by atoms with van der Waals surface area (Å²) >= 11 is 0. The van der Waals surface area contributed by atoms with Crippen LogP contribution in [0.5, 0.6) is 0 Å². The molecule has 10 heteroatoms. The molecule has 2 amide bonds. The predicted molar refractivity (Wildman–Crippen MR) is 106 cm³/mol. The van der Waals surface area contributed by atoms with Gasteiger partial charge in [-0.25, -0.2) is 8.42 Å². The largest absolute Gasteiger partial charge is 0.384 e. The average molecular weight is 416 g/mol. The molecular weight excluding hydrogens is 396 g/mol. The van der Waals surface area contributed by atoms with E-state index < -0.39 is 27.4 Å². The van der Waals surface area contributed by atoms with Crippen LogP contribution in [0.25, 0.3) is 5.69 Å². The number of anilines is 1. The first-order valence-corrected chi connectivity index (χ1v) is 10.7. The summed E-state index contributed by atoms with van der Waals surface area (Å²) in [6, 6.07) is 5.57. The van der Waals surface area contributed by atoms with Crippen LogP contribution >= 0.6 is 0 Å². The summed E-state index contributed by atoms with van der Waals surface area (Å²) in [5.41, 5.74) is 6.01. The molecule has 0 spiro atoms. The second-order valence-corrected chi connectivity index (χ2v) is 9.10. The van der Waals surface area contributed by atoms with Crippen molar-refractivity contribution in [1.29, 1.82) is 0 Å². The number of carbonyl (C=O) groups is 2. The van der Waals surface area contributed by atoms with E-state index in [1.165, 1.54) is 10.4 Å². The smallest absolute Gasteiger partial charge is 0.262 e.